The predicted molar refractivity (Wildman–Crippen MR) is 175 cm³/mol. The largest absolute Gasteiger partial charge is 0.406 e. The van der Waals surface area contributed by atoms with E-state index in [2.05, 4.69) is 40.3 Å². The zero-order valence-electron chi connectivity index (χ0n) is 25.5. The molecule has 8 aromatic heterocycles. The summed E-state index contributed by atoms with van der Waals surface area (Å²) in [7, 11) is 0. The second kappa shape index (κ2) is 12.6. The summed E-state index contributed by atoms with van der Waals surface area (Å²) in [6, 6.07) is 11.4. The minimum absolute atomic E-state index is 0.0292. The van der Waals surface area contributed by atoms with Crippen LogP contribution in [0.2, 0.25) is 5.15 Å². The van der Waals surface area contributed by atoms with E-state index in [0.29, 0.717) is 37.0 Å². The predicted octanol–water partition coefficient (Wildman–Crippen LogP) is 6.45. The lowest BCUT2D eigenvalue weighted by atomic mass is 10.1. The van der Waals surface area contributed by atoms with Crippen molar-refractivity contribution < 1.29 is 26.3 Å². The van der Waals surface area contributed by atoms with Gasteiger partial charge in [0.1, 0.15) is 29.3 Å². The molecule has 258 valence electrons. The van der Waals surface area contributed by atoms with Gasteiger partial charge < -0.3 is 0 Å². The molecule has 0 bridgehead atoms. The van der Waals surface area contributed by atoms with Crippen LogP contribution in [0, 0.1) is 0 Å². The molecule has 19 heteroatoms. The molecule has 0 saturated heterocycles. The minimum Gasteiger partial charge on any atom is -0.297 e. The van der Waals surface area contributed by atoms with Gasteiger partial charge in [0.2, 0.25) is 0 Å². The van der Waals surface area contributed by atoms with Crippen molar-refractivity contribution in [1.29, 1.82) is 0 Å². The summed E-state index contributed by atoms with van der Waals surface area (Å²) in [5.41, 5.74) is 1.60. The molecule has 8 heterocycles. The quantitative estimate of drug-likeness (QED) is 0.155. The van der Waals surface area contributed by atoms with Crippen LogP contribution in [0.15, 0.2) is 89.2 Å². The van der Waals surface area contributed by atoms with Crippen molar-refractivity contribution in [2.45, 2.75) is 25.4 Å². The highest BCUT2D eigenvalue weighted by Crippen LogP contribution is 2.30. The lowest BCUT2D eigenvalue weighted by Gasteiger charge is -2.14. The molecular weight excluding hydrogens is 706 g/mol. The molecule has 8 rings (SSSR count). The Hall–Kier alpha value is -6.17. The Morgan fingerprint density at radius 1 is 0.647 bits per heavy atom. The van der Waals surface area contributed by atoms with Crippen LogP contribution in [0.1, 0.15) is 0 Å². The van der Waals surface area contributed by atoms with E-state index in [1.54, 1.807) is 36.5 Å². The topological polar surface area (TPSA) is 153 Å². The fraction of sp³-hybridized carbons (Fsp3) is 0.125. The highest BCUT2D eigenvalue weighted by molar-refractivity contribution is 6.32. The van der Waals surface area contributed by atoms with E-state index >= 15 is 0 Å². The number of pyridine rings is 6. The lowest BCUT2D eigenvalue weighted by Crippen LogP contribution is -2.28. The van der Waals surface area contributed by atoms with Crippen LogP contribution in [0.25, 0.3) is 66.3 Å². The Morgan fingerprint density at radius 3 is 1.69 bits per heavy atom. The summed E-state index contributed by atoms with van der Waals surface area (Å²) in [6.07, 6.45) is -0.684. The normalized spacial score (nSPS) is 12.1. The smallest absolute Gasteiger partial charge is 0.297 e. The number of H-pyrrole nitrogens is 2. The van der Waals surface area contributed by atoms with Gasteiger partial charge in [0.25, 0.3) is 11.1 Å². The molecule has 0 amide bonds. The molecule has 0 fully saturated rings. The van der Waals surface area contributed by atoms with Crippen LogP contribution in [0.5, 0.6) is 0 Å². The summed E-state index contributed by atoms with van der Waals surface area (Å²) in [4.78, 5) is 41.6. The van der Waals surface area contributed by atoms with Crippen molar-refractivity contribution in [1.82, 2.24) is 49.5 Å². The van der Waals surface area contributed by atoms with Crippen molar-refractivity contribution in [3.63, 3.8) is 0 Å². The van der Waals surface area contributed by atoms with E-state index in [1.807, 2.05) is 0 Å². The van der Waals surface area contributed by atoms with Gasteiger partial charge in [-0.15, -0.1) is 0 Å². The van der Waals surface area contributed by atoms with E-state index in [4.69, 9.17) is 11.6 Å². The van der Waals surface area contributed by atoms with Crippen molar-refractivity contribution in [2.75, 3.05) is 0 Å². The summed E-state index contributed by atoms with van der Waals surface area (Å²) in [6.45, 7) is -2.84. The molecule has 0 spiro atoms. The molecule has 2 N–H and O–H groups in total. The third-order valence-electron chi connectivity index (χ3n) is 7.73. The molecule has 0 atom stereocenters. The zero-order chi connectivity index (χ0) is 36.1. The molecule has 0 aliphatic heterocycles. The number of fused-ring (bicyclic) bond motifs is 6. The van der Waals surface area contributed by atoms with E-state index in [0.717, 1.165) is 0 Å². The van der Waals surface area contributed by atoms with E-state index < -0.39 is 36.6 Å². The molecule has 51 heavy (non-hydrogen) atoms. The Bertz CT molecular complexity index is 2700. The van der Waals surface area contributed by atoms with Crippen molar-refractivity contribution >= 4 is 55.5 Å². The summed E-state index contributed by atoms with van der Waals surface area (Å²) >= 11 is 6.06. The van der Waals surface area contributed by atoms with Crippen LogP contribution in [0.3, 0.4) is 0 Å². The van der Waals surface area contributed by atoms with Crippen LogP contribution in [-0.4, -0.2) is 61.8 Å². The van der Waals surface area contributed by atoms with Gasteiger partial charge >= 0.3 is 12.4 Å². The first kappa shape index (κ1) is 33.3. The van der Waals surface area contributed by atoms with E-state index in [-0.39, 0.29) is 43.5 Å². The zero-order valence-corrected chi connectivity index (χ0v) is 26.2. The Kier molecular flexibility index (Phi) is 8.25. The van der Waals surface area contributed by atoms with E-state index in [1.165, 1.54) is 43.1 Å². The Labute approximate surface area is 284 Å². The van der Waals surface area contributed by atoms with Crippen LogP contribution >= 0.6 is 11.6 Å². The van der Waals surface area contributed by atoms with Gasteiger partial charge in [-0.2, -0.15) is 36.5 Å². The molecule has 0 radical (unpaired) electrons. The molecule has 0 aliphatic carbocycles. The summed E-state index contributed by atoms with van der Waals surface area (Å²) in [5, 5.41) is 13.1. The van der Waals surface area contributed by atoms with Crippen molar-refractivity contribution in [3.05, 3.63) is 106 Å². The van der Waals surface area contributed by atoms with Gasteiger partial charge in [-0.1, -0.05) is 17.7 Å². The molecule has 0 unspecified atom stereocenters. The molecule has 8 aromatic rings. The monoisotopic (exact) mass is 724 g/mol. The molecule has 12 nitrogen and oxygen atoms in total. The summed E-state index contributed by atoms with van der Waals surface area (Å²) < 4.78 is 79.4. The number of hydrogen-bond acceptors (Lipinski definition) is 8. The second-order valence-electron chi connectivity index (χ2n) is 11.1. The van der Waals surface area contributed by atoms with Gasteiger partial charge in [-0.05, 0) is 36.4 Å². The first-order valence-corrected chi connectivity index (χ1v) is 15.0. The third kappa shape index (κ3) is 6.48. The van der Waals surface area contributed by atoms with Gasteiger partial charge in [0, 0.05) is 41.5 Å². The molecule has 0 aromatic carbocycles. The van der Waals surface area contributed by atoms with Gasteiger partial charge in [0.15, 0.2) is 0 Å². The maximum Gasteiger partial charge on any atom is 0.406 e. The maximum atomic E-state index is 13.0. The summed E-state index contributed by atoms with van der Waals surface area (Å²) in [5.74, 6) is 0. The highest BCUT2D eigenvalue weighted by atomic mass is 35.5. The van der Waals surface area contributed by atoms with E-state index in [9.17, 15) is 35.9 Å². The SMILES string of the molecule is O=c1c2cn[nH]c2c2ncc(-c3ccccn3)cc2n1CC(F)(F)F.O=c1c2cn[nH]c2c2ncc(-c3cccnc3Cl)cc2n1CC(F)(F)F. The number of aromatic nitrogens is 10. The minimum atomic E-state index is -4.57. The maximum absolute atomic E-state index is 13.0. The van der Waals surface area contributed by atoms with Gasteiger partial charge in [-0.25, -0.2) is 4.98 Å². The second-order valence-corrected chi connectivity index (χ2v) is 11.4. The fourth-order valence-corrected chi connectivity index (χ4v) is 5.79. The number of alkyl halides is 6. The number of nitrogens with zero attached hydrogens (tertiary/aromatic N) is 8. The number of nitrogens with one attached hydrogen (secondary N) is 2. The third-order valence-corrected chi connectivity index (χ3v) is 8.03. The standard InChI is InChI=1S/C16H9ClF3N5O.C16H10F3N5O/c17-14-9(2-1-3-21-14)8-4-11-13(22-5-8)12-10(6-23-24-12)15(26)25(11)7-16(18,19)20;17-16(18,19)8-24-12-5-9(11-3-1-2-4-20-11)6-21-14(12)13-10(15(24)25)7-22-23-13/h1-6H,7H2,(H,23,24);1-7H,8H2,(H,22,23). The Morgan fingerprint density at radius 2 is 1.18 bits per heavy atom. The number of halogens is 7. The first-order valence-electron chi connectivity index (χ1n) is 14.7. The lowest BCUT2D eigenvalue weighted by molar-refractivity contribution is -0.141. The molecule has 0 aliphatic rings. The van der Waals surface area contributed by atoms with Gasteiger partial charge in [-0.3, -0.25) is 43.9 Å². The van der Waals surface area contributed by atoms with Crippen LogP contribution in [0.4, 0.5) is 26.3 Å². The number of hydrogen-bond donors (Lipinski definition) is 2. The number of rotatable bonds is 4. The van der Waals surface area contributed by atoms with Crippen LogP contribution in [-0.2, 0) is 13.1 Å². The Balaban J connectivity index is 0.000000159. The molecular formula is C32H19ClF6N10O2. The fourth-order valence-electron chi connectivity index (χ4n) is 5.57. The highest BCUT2D eigenvalue weighted by Gasteiger charge is 2.31. The average molecular weight is 725 g/mol. The van der Waals surface area contributed by atoms with Crippen molar-refractivity contribution in [2.24, 2.45) is 0 Å². The van der Waals surface area contributed by atoms with Crippen molar-refractivity contribution in [3.8, 4) is 22.4 Å². The average Bonchev–Trinajstić information content (AvgIpc) is 3.80. The molecule has 0 saturated carbocycles. The number of aromatic amines is 2. The first-order chi connectivity index (χ1) is 24.3. The van der Waals surface area contributed by atoms with Crippen LogP contribution < -0.4 is 11.1 Å². The van der Waals surface area contributed by atoms with Gasteiger partial charge in [0.05, 0.1) is 50.9 Å².